The molecule has 16 heavy (non-hydrogen) atoms. The Kier molecular flexibility index (Phi) is 2.62. The van der Waals surface area contributed by atoms with Gasteiger partial charge in [-0.25, -0.2) is 0 Å². The summed E-state index contributed by atoms with van der Waals surface area (Å²) < 4.78 is 0. The molecule has 0 saturated heterocycles. The second kappa shape index (κ2) is 3.94. The molecule has 0 saturated carbocycles. The van der Waals surface area contributed by atoms with Gasteiger partial charge < -0.3 is 5.21 Å². The van der Waals surface area contributed by atoms with Crippen LogP contribution in [0.4, 0.5) is 0 Å². The van der Waals surface area contributed by atoms with Crippen LogP contribution in [0, 0.1) is 12.1 Å². The SMILES string of the molecule is Cc1c(C(=O)Cl)nn(-c2ccccc2)[n+]1[O-]. The summed E-state index contributed by atoms with van der Waals surface area (Å²) in [7, 11) is 0. The Morgan fingerprint density at radius 1 is 1.44 bits per heavy atom. The van der Waals surface area contributed by atoms with E-state index >= 15 is 0 Å². The minimum absolute atomic E-state index is 0.0273. The van der Waals surface area contributed by atoms with Gasteiger partial charge in [0.05, 0.1) is 5.10 Å². The third kappa shape index (κ3) is 1.65. The third-order valence-electron chi connectivity index (χ3n) is 2.17. The third-order valence-corrected chi connectivity index (χ3v) is 2.35. The zero-order valence-corrected chi connectivity index (χ0v) is 9.18. The highest BCUT2D eigenvalue weighted by Crippen LogP contribution is 2.08. The summed E-state index contributed by atoms with van der Waals surface area (Å²) in [6.45, 7) is 1.50. The quantitative estimate of drug-likeness (QED) is 0.448. The summed E-state index contributed by atoms with van der Waals surface area (Å²) in [5, 5.41) is 14.8. The van der Waals surface area contributed by atoms with E-state index in [1.807, 2.05) is 6.07 Å². The molecular formula is C10H8ClN3O2. The summed E-state index contributed by atoms with van der Waals surface area (Å²) >= 11 is 5.31. The fraction of sp³-hybridized carbons (Fsp3) is 0.100. The molecule has 5 nitrogen and oxygen atoms in total. The van der Waals surface area contributed by atoms with Gasteiger partial charge >= 0.3 is 10.9 Å². The molecule has 0 bridgehead atoms. The second-order valence-corrected chi connectivity index (χ2v) is 3.55. The monoisotopic (exact) mass is 237 g/mol. The van der Waals surface area contributed by atoms with Gasteiger partial charge in [-0.05, 0) is 28.5 Å². The predicted molar refractivity (Wildman–Crippen MR) is 57.4 cm³/mol. The molecule has 6 heteroatoms. The van der Waals surface area contributed by atoms with Crippen molar-refractivity contribution in [1.82, 2.24) is 9.90 Å². The van der Waals surface area contributed by atoms with E-state index in [1.54, 1.807) is 24.3 Å². The van der Waals surface area contributed by atoms with Gasteiger partial charge in [0.1, 0.15) is 5.69 Å². The molecule has 0 aliphatic carbocycles. The normalized spacial score (nSPS) is 10.4. The van der Waals surface area contributed by atoms with E-state index in [9.17, 15) is 10.0 Å². The number of halogens is 1. The predicted octanol–water partition coefficient (Wildman–Crippen LogP) is 1.19. The van der Waals surface area contributed by atoms with Crippen LogP contribution < -0.4 is 4.85 Å². The van der Waals surface area contributed by atoms with Gasteiger partial charge in [0, 0.05) is 6.92 Å². The van der Waals surface area contributed by atoms with Crippen LogP contribution in [-0.4, -0.2) is 15.1 Å². The van der Waals surface area contributed by atoms with Crippen molar-refractivity contribution < 1.29 is 9.64 Å². The maximum atomic E-state index is 11.7. The van der Waals surface area contributed by atoms with Gasteiger partial charge in [-0.15, -0.1) is 4.85 Å². The van der Waals surface area contributed by atoms with Gasteiger partial charge in [0.25, 0.3) is 0 Å². The lowest BCUT2D eigenvalue weighted by molar-refractivity contribution is -0.694. The van der Waals surface area contributed by atoms with Crippen molar-refractivity contribution >= 4 is 16.8 Å². The zero-order valence-electron chi connectivity index (χ0n) is 8.42. The van der Waals surface area contributed by atoms with Crippen molar-refractivity contribution in [1.29, 1.82) is 0 Å². The maximum Gasteiger partial charge on any atom is 0.304 e. The first-order valence-electron chi connectivity index (χ1n) is 4.56. The van der Waals surface area contributed by atoms with Crippen molar-refractivity contribution in [2.24, 2.45) is 0 Å². The molecule has 0 amide bonds. The van der Waals surface area contributed by atoms with E-state index in [1.165, 1.54) is 6.92 Å². The maximum absolute atomic E-state index is 11.7. The van der Waals surface area contributed by atoms with Crippen molar-refractivity contribution in [3.8, 4) is 5.69 Å². The molecule has 0 aliphatic rings. The Morgan fingerprint density at radius 2 is 2.06 bits per heavy atom. The molecule has 2 aromatic rings. The number of hydrogen-bond acceptors (Lipinski definition) is 3. The highest BCUT2D eigenvalue weighted by Gasteiger charge is 2.24. The molecule has 0 unspecified atom stereocenters. The average molecular weight is 238 g/mol. The second-order valence-electron chi connectivity index (χ2n) is 3.21. The molecule has 82 valence electrons. The highest BCUT2D eigenvalue weighted by atomic mass is 35.5. The van der Waals surface area contributed by atoms with Gasteiger partial charge in [0.15, 0.2) is 5.69 Å². The molecule has 0 spiro atoms. The summed E-state index contributed by atoms with van der Waals surface area (Å²) in [6.07, 6.45) is 0. The lowest BCUT2D eigenvalue weighted by Gasteiger charge is -2.03. The first-order valence-corrected chi connectivity index (χ1v) is 4.94. The van der Waals surface area contributed by atoms with Crippen LogP contribution >= 0.6 is 11.6 Å². The largest absolute Gasteiger partial charge is 0.692 e. The lowest BCUT2D eigenvalue weighted by atomic mass is 10.3. The standard InChI is InChI=1S/C10H8ClN3O2/c1-7-9(10(11)15)12-13(14(7)16)8-5-3-2-4-6-8/h2-6H,1H3. The number of benzene rings is 1. The zero-order chi connectivity index (χ0) is 11.7. The molecular weight excluding hydrogens is 230 g/mol. The number of hydrogen-bond donors (Lipinski definition) is 0. The lowest BCUT2D eigenvalue weighted by Crippen LogP contribution is -2.39. The molecule has 0 atom stereocenters. The van der Waals surface area contributed by atoms with E-state index in [0.717, 1.165) is 4.80 Å². The smallest absolute Gasteiger partial charge is 0.304 e. The summed E-state index contributed by atoms with van der Waals surface area (Å²) in [5.41, 5.74) is 0.731. The molecule has 0 radical (unpaired) electrons. The van der Waals surface area contributed by atoms with Crippen molar-refractivity contribution in [2.45, 2.75) is 6.92 Å². The Labute approximate surface area is 96.4 Å². The van der Waals surface area contributed by atoms with Crippen molar-refractivity contribution in [2.75, 3.05) is 0 Å². The van der Waals surface area contributed by atoms with Crippen LogP contribution in [0.1, 0.15) is 16.2 Å². The van der Waals surface area contributed by atoms with Gasteiger partial charge in [-0.2, -0.15) is 0 Å². The molecule has 0 aliphatic heterocycles. The van der Waals surface area contributed by atoms with Crippen molar-refractivity contribution in [3.05, 3.63) is 46.9 Å². The minimum atomic E-state index is -0.739. The Hall–Kier alpha value is -1.88. The van der Waals surface area contributed by atoms with Gasteiger partial charge in [-0.1, -0.05) is 18.2 Å². The average Bonchev–Trinajstić information content (AvgIpc) is 2.58. The Morgan fingerprint density at radius 3 is 2.56 bits per heavy atom. The number of rotatable bonds is 2. The van der Waals surface area contributed by atoms with Crippen LogP contribution in [-0.2, 0) is 0 Å². The van der Waals surface area contributed by atoms with Crippen molar-refractivity contribution in [3.63, 3.8) is 0 Å². The van der Waals surface area contributed by atoms with E-state index in [4.69, 9.17) is 11.6 Å². The Balaban J connectivity index is 2.60. The summed E-state index contributed by atoms with van der Waals surface area (Å²) in [6, 6.07) is 8.79. The fourth-order valence-electron chi connectivity index (χ4n) is 1.35. The van der Waals surface area contributed by atoms with E-state index < -0.39 is 5.24 Å². The molecule has 1 heterocycles. The Bertz CT molecular complexity index is 536. The van der Waals surface area contributed by atoms with E-state index in [0.29, 0.717) is 10.5 Å². The number of para-hydroxylation sites is 1. The summed E-state index contributed by atoms with van der Waals surface area (Å²) in [5.74, 6) is 0. The van der Waals surface area contributed by atoms with E-state index in [-0.39, 0.29) is 11.4 Å². The van der Waals surface area contributed by atoms with Crippen LogP contribution in [0.2, 0.25) is 0 Å². The fourth-order valence-corrected chi connectivity index (χ4v) is 1.52. The first-order chi connectivity index (χ1) is 7.61. The van der Waals surface area contributed by atoms with Crippen LogP contribution in [0.3, 0.4) is 0 Å². The summed E-state index contributed by atoms with van der Waals surface area (Å²) in [4.78, 5) is 12.6. The first kappa shape index (κ1) is 10.6. The molecule has 1 aromatic carbocycles. The highest BCUT2D eigenvalue weighted by molar-refractivity contribution is 6.67. The molecule has 0 N–H and O–H groups in total. The number of carbonyl (C=O) groups excluding carboxylic acids is 1. The molecule has 2 rings (SSSR count). The number of aromatic nitrogens is 3. The van der Waals surface area contributed by atoms with Crippen LogP contribution in [0.15, 0.2) is 30.3 Å². The minimum Gasteiger partial charge on any atom is -0.692 e. The molecule has 1 aromatic heterocycles. The van der Waals surface area contributed by atoms with Crippen LogP contribution in [0.5, 0.6) is 0 Å². The molecule has 0 fully saturated rings. The number of carbonyl (C=O) groups is 1. The van der Waals surface area contributed by atoms with Crippen LogP contribution in [0.25, 0.3) is 5.69 Å². The number of nitrogens with zero attached hydrogens (tertiary/aromatic N) is 3. The van der Waals surface area contributed by atoms with Gasteiger partial charge in [0.2, 0.25) is 0 Å². The topological polar surface area (TPSA) is 61.8 Å². The van der Waals surface area contributed by atoms with Gasteiger partial charge in [-0.3, -0.25) is 4.79 Å². The van der Waals surface area contributed by atoms with E-state index in [2.05, 4.69) is 5.10 Å².